The Bertz CT molecular complexity index is 864. The smallest absolute Gasteiger partial charge is 0.395 e. The van der Waals surface area contributed by atoms with Gasteiger partial charge in [-0.25, -0.2) is 4.68 Å². The normalized spacial score (nSPS) is 15.6. The highest BCUT2D eigenvalue weighted by Crippen LogP contribution is 2.34. The van der Waals surface area contributed by atoms with E-state index in [2.05, 4.69) is 16.7 Å². The van der Waals surface area contributed by atoms with E-state index >= 15 is 0 Å². The molecule has 0 radical (unpaired) electrons. The molecule has 0 bridgehead atoms. The van der Waals surface area contributed by atoms with Crippen molar-refractivity contribution in [1.29, 1.82) is 0 Å². The van der Waals surface area contributed by atoms with Crippen molar-refractivity contribution >= 4 is 17.2 Å². The Kier molecular flexibility index (Phi) is 3.99. The van der Waals surface area contributed by atoms with Crippen LogP contribution in [-0.4, -0.2) is 20.9 Å². The molecule has 0 aliphatic carbocycles. The van der Waals surface area contributed by atoms with Crippen LogP contribution in [0.15, 0.2) is 55.2 Å². The highest BCUT2D eigenvalue weighted by Gasteiger charge is 2.31. The van der Waals surface area contributed by atoms with Gasteiger partial charge in [0.25, 0.3) is 0 Å². The van der Waals surface area contributed by atoms with Gasteiger partial charge in [-0.1, -0.05) is 6.58 Å². The van der Waals surface area contributed by atoms with Gasteiger partial charge in [-0.15, -0.1) is 0 Å². The molecule has 0 atom stereocenters. The van der Waals surface area contributed by atoms with Crippen LogP contribution < -0.4 is 16.4 Å². The van der Waals surface area contributed by atoms with Crippen molar-refractivity contribution in [1.82, 2.24) is 14.8 Å². The van der Waals surface area contributed by atoms with Crippen molar-refractivity contribution in [2.24, 2.45) is 11.5 Å². The molecule has 0 saturated carbocycles. The predicted molar refractivity (Wildman–Crippen MR) is 88.5 cm³/mol. The van der Waals surface area contributed by atoms with E-state index in [0.29, 0.717) is 18.3 Å². The summed E-state index contributed by atoms with van der Waals surface area (Å²) in [6.45, 7) is 4.51. The third-order valence-corrected chi connectivity index (χ3v) is 3.72. The molecule has 2 aromatic rings. The van der Waals surface area contributed by atoms with E-state index in [1.807, 2.05) is 17.0 Å². The van der Waals surface area contributed by atoms with Crippen molar-refractivity contribution in [3.05, 3.63) is 66.4 Å². The minimum atomic E-state index is -4.60. The maximum Gasteiger partial charge on any atom is 0.430 e. The number of anilines is 1. The van der Waals surface area contributed by atoms with Gasteiger partial charge in [-0.2, -0.15) is 18.3 Å². The number of hydrogen-bond acceptors (Lipinski definition) is 5. The second-order valence-electron chi connectivity index (χ2n) is 5.39. The third-order valence-electron chi connectivity index (χ3n) is 3.72. The average molecular weight is 348 g/mol. The third kappa shape index (κ3) is 3.21. The van der Waals surface area contributed by atoms with Gasteiger partial charge >= 0.3 is 6.18 Å². The number of pyridine rings is 1. The van der Waals surface area contributed by atoms with Gasteiger partial charge in [0.05, 0.1) is 24.1 Å². The summed E-state index contributed by atoms with van der Waals surface area (Å²) in [4.78, 5) is 6.01. The van der Waals surface area contributed by atoms with Gasteiger partial charge < -0.3 is 16.4 Å². The Labute approximate surface area is 141 Å². The van der Waals surface area contributed by atoms with Gasteiger partial charge in [-0.3, -0.25) is 4.98 Å². The summed E-state index contributed by atoms with van der Waals surface area (Å²) in [6.07, 6.45) is 2.18. The van der Waals surface area contributed by atoms with Gasteiger partial charge in [-0.05, 0) is 24.3 Å². The highest BCUT2D eigenvalue weighted by molar-refractivity contribution is 5.82. The molecule has 4 N–H and O–H groups in total. The van der Waals surface area contributed by atoms with Gasteiger partial charge in [0.2, 0.25) is 0 Å². The quantitative estimate of drug-likeness (QED) is 0.832. The number of alkyl halides is 3. The van der Waals surface area contributed by atoms with Crippen LogP contribution >= 0.6 is 0 Å². The Morgan fingerprint density at radius 2 is 2.04 bits per heavy atom. The molecule has 0 aromatic carbocycles. The zero-order valence-corrected chi connectivity index (χ0v) is 13.0. The van der Waals surface area contributed by atoms with Gasteiger partial charge in [0, 0.05) is 23.7 Å². The first-order valence-corrected chi connectivity index (χ1v) is 7.23. The standard InChI is InChI=1S/C16H15F3N6/c1-10-12-8-25(15(21)5-4-14(20)16(17,18)19)23-13(12)9-24(10)11-3-2-6-22-7-11/h2-8H,1,9,20-21H2/b14-4-,15-5+. The molecule has 0 saturated heterocycles. The molecule has 1 aliphatic heterocycles. The summed E-state index contributed by atoms with van der Waals surface area (Å²) in [5, 5.41) is 4.31. The zero-order valence-electron chi connectivity index (χ0n) is 13.0. The first kappa shape index (κ1) is 16.6. The van der Waals surface area contributed by atoms with Crippen LogP contribution in [0, 0.1) is 0 Å². The maximum atomic E-state index is 12.4. The Balaban J connectivity index is 1.82. The fraction of sp³-hybridized carbons (Fsp3) is 0.125. The summed E-state index contributed by atoms with van der Waals surface area (Å²) in [5.41, 5.74) is 12.6. The van der Waals surface area contributed by atoms with Crippen LogP contribution in [0.25, 0.3) is 11.5 Å². The molecule has 9 heteroatoms. The first-order valence-electron chi connectivity index (χ1n) is 7.23. The largest absolute Gasteiger partial charge is 0.430 e. The van der Waals surface area contributed by atoms with Gasteiger partial charge in [0.15, 0.2) is 0 Å². The summed E-state index contributed by atoms with van der Waals surface area (Å²) in [6, 6.07) is 3.72. The van der Waals surface area contributed by atoms with Crippen LogP contribution in [0.3, 0.4) is 0 Å². The number of hydrogen-bond donors (Lipinski definition) is 2. The fourth-order valence-corrected chi connectivity index (χ4v) is 2.40. The summed E-state index contributed by atoms with van der Waals surface area (Å²) >= 11 is 0. The van der Waals surface area contributed by atoms with Crippen LogP contribution in [0.2, 0.25) is 0 Å². The molecule has 3 heterocycles. The number of nitrogens with zero attached hydrogens (tertiary/aromatic N) is 4. The molecule has 2 aromatic heterocycles. The van der Waals surface area contributed by atoms with E-state index < -0.39 is 11.9 Å². The molecule has 3 rings (SSSR count). The Morgan fingerprint density at radius 1 is 1.28 bits per heavy atom. The zero-order chi connectivity index (χ0) is 18.2. The molecule has 0 amide bonds. The number of rotatable bonds is 3. The molecular formula is C16H15F3N6. The molecule has 25 heavy (non-hydrogen) atoms. The van der Waals surface area contributed by atoms with Crippen LogP contribution in [0.4, 0.5) is 18.9 Å². The number of fused-ring (bicyclic) bond motifs is 1. The van der Waals surface area contributed by atoms with Crippen molar-refractivity contribution in [2.45, 2.75) is 12.7 Å². The average Bonchev–Trinajstić information content (AvgIpc) is 3.12. The monoisotopic (exact) mass is 348 g/mol. The Morgan fingerprint density at radius 3 is 2.64 bits per heavy atom. The van der Waals surface area contributed by atoms with Crippen molar-refractivity contribution in [3.8, 4) is 0 Å². The van der Waals surface area contributed by atoms with E-state index in [1.165, 1.54) is 4.68 Å². The van der Waals surface area contributed by atoms with Gasteiger partial charge in [0.1, 0.15) is 11.5 Å². The lowest BCUT2D eigenvalue weighted by atomic mass is 10.2. The fourth-order valence-electron chi connectivity index (χ4n) is 2.40. The van der Waals surface area contributed by atoms with E-state index in [-0.39, 0.29) is 5.82 Å². The molecule has 1 aliphatic rings. The minimum absolute atomic E-state index is 0.0160. The summed E-state index contributed by atoms with van der Waals surface area (Å²) in [5.74, 6) is 0.0160. The van der Waals surface area contributed by atoms with E-state index in [4.69, 9.17) is 11.5 Å². The van der Waals surface area contributed by atoms with Crippen LogP contribution in [-0.2, 0) is 6.54 Å². The molecule has 130 valence electrons. The van der Waals surface area contributed by atoms with Crippen LogP contribution in [0.5, 0.6) is 0 Å². The highest BCUT2D eigenvalue weighted by atomic mass is 19.4. The first-order chi connectivity index (χ1) is 11.8. The summed E-state index contributed by atoms with van der Waals surface area (Å²) in [7, 11) is 0. The van der Waals surface area contributed by atoms with Crippen LogP contribution in [0.1, 0.15) is 11.3 Å². The number of allylic oxidation sites excluding steroid dienone is 3. The number of halogens is 3. The topological polar surface area (TPSA) is 86.0 Å². The molecule has 0 spiro atoms. The maximum absolute atomic E-state index is 12.4. The van der Waals surface area contributed by atoms with E-state index in [0.717, 1.165) is 23.0 Å². The molecule has 6 nitrogen and oxygen atoms in total. The molecular weight excluding hydrogens is 333 g/mol. The lowest BCUT2D eigenvalue weighted by Gasteiger charge is -2.19. The second-order valence-corrected chi connectivity index (χ2v) is 5.39. The summed E-state index contributed by atoms with van der Waals surface area (Å²) < 4.78 is 38.4. The lowest BCUT2D eigenvalue weighted by molar-refractivity contribution is -0.0926. The number of nitrogens with two attached hydrogens (primary N) is 2. The van der Waals surface area contributed by atoms with Crippen molar-refractivity contribution < 1.29 is 13.2 Å². The minimum Gasteiger partial charge on any atom is -0.395 e. The number of aromatic nitrogens is 3. The predicted octanol–water partition coefficient (Wildman–Crippen LogP) is 2.43. The molecule has 0 fully saturated rings. The van der Waals surface area contributed by atoms with E-state index in [9.17, 15) is 13.2 Å². The lowest BCUT2D eigenvalue weighted by Crippen LogP contribution is -2.19. The Hall–Kier alpha value is -3.23. The van der Waals surface area contributed by atoms with Crippen molar-refractivity contribution in [3.63, 3.8) is 0 Å². The molecule has 0 unspecified atom stereocenters. The van der Waals surface area contributed by atoms with E-state index in [1.54, 1.807) is 18.6 Å². The van der Waals surface area contributed by atoms with Crippen molar-refractivity contribution in [2.75, 3.05) is 4.90 Å². The SMILES string of the molecule is C=C1c2cn(/C(N)=C/C=C(\N)C(F)(F)F)nc2CN1c1cccnc1. The second kappa shape index (κ2) is 6.00.